The normalized spacial score (nSPS) is 19.4. The van der Waals surface area contributed by atoms with Crippen LogP contribution in [0.4, 0.5) is 5.82 Å². The first kappa shape index (κ1) is 19.2. The fourth-order valence-corrected chi connectivity index (χ4v) is 4.36. The van der Waals surface area contributed by atoms with Crippen LogP contribution in [0.1, 0.15) is 26.3 Å². The third-order valence-corrected chi connectivity index (χ3v) is 5.53. The minimum Gasteiger partial charge on any atom is -0.352 e. The molecule has 148 valence electrons. The minimum atomic E-state index is 0.0586. The number of hydrogen-bond acceptors (Lipinski definition) is 5. The van der Waals surface area contributed by atoms with Crippen molar-refractivity contribution in [2.45, 2.75) is 32.9 Å². The van der Waals surface area contributed by atoms with E-state index in [0.29, 0.717) is 35.0 Å². The molecule has 7 nitrogen and oxygen atoms in total. The summed E-state index contributed by atoms with van der Waals surface area (Å²) in [7, 11) is 0. The van der Waals surface area contributed by atoms with Crippen LogP contribution in [0.25, 0.3) is 22.3 Å². The summed E-state index contributed by atoms with van der Waals surface area (Å²) in [6.07, 6.45) is 3.42. The average molecular weight is 409 g/mol. The van der Waals surface area contributed by atoms with E-state index in [1.54, 1.807) is 25.3 Å². The average Bonchev–Trinajstić information content (AvgIpc) is 3.09. The van der Waals surface area contributed by atoms with Gasteiger partial charge >= 0.3 is 0 Å². The Balaban J connectivity index is 1.76. The first-order valence-corrected chi connectivity index (χ1v) is 9.84. The van der Waals surface area contributed by atoms with Gasteiger partial charge in [-0.05, 0) is 32.0 Å². The van der Waals surface area contributed by atoms with Gasteiger partial charge < -0.3 is 14.8 Å². The van der Waals surface area contributed by atoms with Crippen LogP contribution >= 0.6 is 11.6 Å². The monoisotopic (exact) mass is 408 g/mol. The van der Waals surface area contributed by atoms with E-state index in [4.69, 9.17) is 16.6 Å². The van der Waals surface area contributed by atoms with E-state index in [0.717, 1.165) is 16.8 Å². The zero-order chi connectivity index (χ0) is 20.7. The van der Waals surface area contributed by atoms with Gasteiger partial charge in [-0.3, -0.25) is 4.79 Å². The summed E-state index contributed by atoms with van der Waals surface area (Å²) in [6, 6.07) is 7.76. The fourth-order valence-electron chi connectivity index (χ4n) is 4.20. The van der Waals surface area contributed by atoms with Crippen LogP contribution in [0, 0.1) is 11.3 Å². The Kier molecular flexibility index (Phi) is 4.89. The smallest absolute Gasteiger partial charge is 0.220 e. The molecule has 1 aliphatic rings. The third-order valence-electron chi connectivity index (χ3n) is 5.32. The Hall–Kier alpha value is -3.11. The van der Waals surface area contributed by atoms with Crippen molar-refractivity contribution in [1.82, 2.24) is 19.9 Å². The number of H-pyrrole nitrogens is 1. The molecule has 0 aliphatic carbocycles. The largest absolute Gasteiger partial charge is 0.352 e. The van der Waals surface area contributed by atoms with Gasteiger partial charge in [-0.25, -0.2) is 9.97 Å². The third kappa shape index (κ3) is 3.52. The number of nitrogens with zero attached hydrogens (tertiary/aromatic N) is 5. The second-order valence-electron chi connectivity index (χ2n) is 7.49. The van der Waals surface area contributed by atoms with Gasteiger partial charge in [0.15, 0.2) is 0 Å². The van der Waals surface area contributed by atoms with Gasteiger partial charge in [-0.1, -0.05) is 11.6 Å². The Morgan fingerprint density at radius 2 is 2.00 bits per heavy atom. The Morgan fingerprint density at radius 1 is 1.28 bits per heavy atom. The van der Waals surface area contributed by atoms with Gasteiger partial charge in [0.25, 0.3) is 0 Å². The van der Waals surface area contributed by atoms with Crippen LogP contribution in [0.2, 0.25) is 5.02 Å². The van der Waals surface area contributed by atoms with E-state index in [2.05, 4.69) is 20.9 Å². The highest BCUT2D eigenvalue weighted by molar-refractivity contribution is 6.31. The lowest BCUT2D eigenvalue weighted by Crippen LogP contribution is -2.58. The molecule has 1 fully saturated rings. The Bertz CT molecular complexity index is 1120. The summed E-state index contributed by atoms with van der Waals surface area (Å²) < 4.78 is 0. The second-order valence-corrected chi connectivity index (χ2v) is 7.93. The molecule has 3 aromatic heterocycles. The lowest BCUT2D eigenvalue weighted by atomic mass is 10.1. The molecule has 1 N–H and O–H groups in total. The first-order valence-electron chi connectivity index (χ1n) is 9.46. The van der Waals surface area contributed by atoms with Crippen LogP contribution in [0.5, 0.6) is 0 Å². The molecule has 2 atom stereocenters. The van der Waals surface area contributed by atoms with Crippen LogP contribution in [-0.4, -0.2) is 50.9 Å². The molecule has 0 unspecified atom stereocenters. The molecule has 4 rings (SSSR count). The van der Waals surface area contributed by atoms with E-state index in [9.17, 15) is 10.1 Å². The number of fused-ring (bicyclic) bond motifs is 1. The van der Waals surface area contributed by atoms with E-state index in [-0.39, 0.29) is 18.0 Å². The van der Waals surface area contributed by atoms with E-state index >= 15 is 0 Å². The molecule has 1 saturated heterocycles. The molecule has 3 aromatic rings. The van der Waals surface area contributed by atoms with Crippen LogP contribution < -0.4 is 4.90 Å². The van der Waals surface area contributed by atoms with Gasteiger partial charge in [0.05, 0.1) is 22.3 Å². The number of carbonyl (C=O) groups excluding carboxylic acids is 1. The van der Waals surface area contributed by atoms with Gasteiger partial charge in [0, 0.05) is 55.4 Å². The highest BCUT2D eigenvalue weighted by atomic mass is 35.5. The maximum atomic E-state index is 12.0. The van der Waals surface area contributed by atoms with Gasteiger partial charge in [0.1, 0.15) is 11.5 Å². The van der Waals surface area contributed by atoms with Crippen molar-refractivity contribution in [3.05, 3.63) is 41.2 Å². The number of hydrogen-bond donors (Lipinski definition) is 1. The maximum Gasteiger partial charge on any atom is 0.220 e. The zero-order valence-corrected chi connectivity index (χ0v) is 17.2. The molecule has 0 bridgehead atoms. The standard InChI is InChI=1S/C21H21ClN6O/c1-12-10-27(11-13(2)28(12)14(3)29)20-5-15(7-23)4-19(26-20)18-9-25-21-17(18)6-16(22)8-24-21/h4-6,8-9,12-13H,10-11H2,1-3H3,(H,24,25)/t12-,13+. The molecule has 29 heavy (non-hydrogen) atoms. The first-order chi connectivity index (χ1) is 13.9. The van der Waals surface area contributed by atoms with Crippen LogP contribution in [0.3, 0.4) is 0 Å². The molecule has 1 aliphatic heterocycles. The molecule has 8 heteroatoms. The zero-order valence-electron chi connectivity index (χ0n) is 16.5. The summed E-state index contributed by atoms with van der Waals surface area (Å²) in [6.45, 7) is 6.99. The topological polar surface area (TPSA) is 88.9 Å². The molecular formula is C21H21ClN6O. The SMILES string of the molecule is CC(=O)N1[C@H](C)CN(c2cc(C#N)cc(-c3c[nH]c4ncc(Cl)cc34)n2)C[C@@H]1C. The van der Waals surface area contributed by atoms with Crippen LogP contribution in [0.15, 0.2) is 30.6 Å². The number of aromatic amines is 1. The fraction of sp³-hybridized carbons (Fsp3) is 0.333. The van der Waals surface area contributed by atoms with Crippen molar-refractivity contribution in [2.24, 2.45) is 0 Å². The van der Waals surface area contributed by atoms with Crippen molar-refractivity contribution in [2.75, 3.05) is 18.0 Å². The quantitative estimate of drug-likeness (QED) is 0.699. The van der Waals surface area contributed by atoms with Gasteiger partial charge in [0.2, 0.25) is 5.91 Å². The lowest BCUT2D eigenvalue weighted by Gasteiger charge is -2.44. The van der Waals surface area contributed by atoms with Gasteiger partial charge in [-0.15, -0.1) is 0 Å². The molecular weight excluding hydrogens is 388 g/mol. The van der Waals surface area contributed by atoms with Crippen molar-refractivity contribution in [3.8, 4) is 17.3 Å². The second kappa shape index (κ2) is 7.37. The van der Waals surface area contributed by atoms with E-state index in [1.165, 1.54) is 0 Å². The predicted molar refractivity (Wildman–Crippen MR) is 113 cm³/mol. The molecule has 0 saturated carbocycles. The summed E-state index contributed by atoms with van der Waals surface area (Å²) in [5.74, 6) is 0.803. The van der Waals surface area contributed by atoms with E-state index in [1.807, 2.05) is 31.0 Å². The highest BCUT2D eigenvalue weighted by Gasteiger charge is 2.32. The number of rotatable bonds is 2. The summed E-state index contributed by atoms with van der Waals surface area (Å²) in [5, 5.41) is 11.0. The molecule has 0 aromatic carbocycles. The Morgan fingerprint density at radius 3 is 2.66 bits per heavy atom. The number of halogens is 1. The number of piperazine rings is 1. The maximum absolute atomic E-state index is 12.0. The van der Waals surface area contributed by atoms with Gasteiger partial charge in [-0.2, -0.15) is 5.26 Å². The van der Waals surface area contributed by atoms with Crippen molar-refractivity contribution in [3.63, 3.8) is 0 Å². The minimum absolute atomic E-state index is 0.0586. The highest BCUT2D eigenvalue weighted by Crippen LogP contribution is 2.31. The molecule has 4 heterocycles. The van der Waals surface area contributed by atoms with Crippen molar-refractivity contribution >= 4 is 34.4 Å². The number of pyridine rings is 2. The number of anilines is 1. The number of carbonyl (C=O) groups is 1. The number of nitriles is 1. The van der Waals surface area contributed by atoms with Crippen molar-refractivity contribution < 1.29 is 4.79 Å². The number of aromatic nitrogens is 3. The lowest BCUT2D eigenvalue weighted by molar-refractivity contribution is -0.133. The predicted octanol–water partition coefficient (Wildman–Crippen LogP) is 3.60. The van der Waals surface area contributed by atoms with Crippen molar-refractivity contribution in [1.29, 1.82) is 5.26 Å². The summed E-state index contributed by atoms with van der Waals surface area (Å²) in [4.78, 5) is 28.3. The Labute approximate surface area is 173 Å². The summed E-state index contributed by atoms with van der Waals surface area (Å²) in [5.41, 5.74) is 2.77. The number of nitrogens with one attached hydrogen (secondary N) is 1. The number of amides is 1. The molecule has 0 radical (unpaired) electrons. The summed E-state index contributed by atoms with van der Waals surface area (Å²) >= 11 is 6.13. The van der Waals surface area contributed by atoms with E-state index < -0.39 is 0 Å². The van der Waals surface area contributed by atoms with Crippen LogP contribution in [-0.2, 0) is 4.79 Å². The molecule has 0 spiro atoms. The molecule has 1 amide bonds.